The van der Waals surface area contributed by atoms with E-state index in [0.29, 0.717) is 29.7 Å². The number of guanidine groups is 1. The summed E-state index contributed by atoms with van der Waals surface area (Å²) >= 11 is 0. The second kappa shape index (κ2) is 11.8. The standard InChI is InChI=1S/C31H32F3N7O4/c1-17(2)11-12-30(21-7-5-4-6-8-21)26(43)41(27(35)39-30)18(3)19-9-10-23(31(32,33)34)22(13-19)25(42)40-15-20-14-36-28(38-29(44)45)37-24(20)16-40/h4-10,13-14,17-18H,11-12,15-16H2,1-3H3,(H2,35,39)(H,44,45)(H,36,37,38)/t18-,30-/m1/s1. The monoisotopic (exact) mass is 623 g/mol. The maximum atomic E-state index is 14.2. The van der Waals surface area contributed by atoms with Gasteiger partial charge in [0.1, 0.15) is 0 Å². The van der Waals surface area contributed by atoms with Crippen LogP contribution < -0.4 is 11.1 Å². The van der Waals surface area contributed by atoms with Crippen LogP contribution in [0.5, 0.6) is 0 Å². The van der Waals surface area contributed by atoms with Crippen molar-refractivity contribution in [3.05, 3.63) is 88.2 Å². The average molecular weight is 624 g/mol. The number of alkyl halides is 3. The molecule has 0 saturated heterocycles. The van der Waals surface area contributed by atoms with Gasteiger partial charge in [-0.15, -0.1) is 0 Å². The molecule has 3 heterocycles. The third-order valence-electron chi connectivity index (χ3n) is 8.07. The van der Waals surface area contributed by atoms with Gasteiger partial charge in [-0.1, -0.05) is 50.2 Å². The van der Waals surface area contributed by atoms with Crippen LogP contribution in [0.15, 0.2) is 59.7 Å². The molecule has 0 aliphatic carbocycles. The lowest BCUT2D eigenvalue weighted by Crippen LogP contribution is -2.44. The highest BCUT2D eigenvalue weighted by Crippen LogP contribution is 2.42. The number of amides is 3. The van der Waals surface area contributed by atoms with Gasteiger partial charge < -0.3 is 15.7 Å². The zero-order chi connectivity index (χ0) is 32.7. The number of nitrogens with two attached hydrogens (primary N) is 1. The molecule has 1 aromatic heterocycles. The number of aromatic nitrogens is 2. The lowest BCUT2D eigenvalue weighted by Gasteiger charge is -2.30. The van der Waals surface area contributed by atoms with E-state index in [1.165, 1.54) is 22.1 Å². The molecule has 0 saturated carbocycles. The molecule has 0 radical (unpaired) electrons. The number of carbonyl (C=O) groups is 3. The summed E-state index contributed by atoms with van der Waals surface area (Å²) in [7, 11) is 0. The Bertz CT molecular complexity index is 1680. The smallest absolute Gasteiger partial charge is 0.417 e. The maximum absolute atomic E-state index is 14.2. The zero-order valence-corrected chi connectivity index (χ0v) is 24.8. The molecule has 3 aromatic rings. The number of hydrogen-bond donors (Lipinski definition) is 3. The van der Waals surface area contributed by atoms with E-state index in [4.69, 9.17) is 10.8 Å². The number of fused-ring (bicyclic) bond motifs is 1. The van der Waals surface area contributed by atoms with Crippen LogP contribution in [-0.2, 0) is 29.6 Å². The van der Waals surface area contributed by atoms with Gasteiger partial charge in [0.15, 0.2) is 11.5 Å². The van der Waals surface area contributed by atoms with Crippen LogP contribution in [0.4, 0.5) is 23.9 Å². The molecule has 0 spiro atoms. The number of benzene rings is 2. The molecule has 11 nitrogen and oxygen atoms in total. The van der Waals surface area contributed by atoms with Crippen molar-refractivity contribution in [1.29, 1.82) is 0 Å². The number of nitrogens with zero attached hydrogens (tertiary/aromatic N) is 5. The average Bonchev–Trinajstić information content (AvgIpc) is 3.52. The van der Waals surface area contributed by atoms with E-state index in [2.05, 4.69) is 15.0 Å². The number of aliphatic imine (C=N–C) groups is 1. The van der Waals surface area contributed by atoms with E-state index in [-0.39, 0.29) is 36.5 Å². The third kappa shape index (κ3) is 6.04. The van der Waals surface area contributed by atoms with Crippen LogP contribution >= 0.6 is 0 Å². The van der Waals surface area contributed by atoms with E-state index < -0.39 is 46.8 Å². The van der Waals surface area contributed by atoms with Gasteiger partial charge in [-0.2, -0.15) is 13.2 Å². The van der Waals surface area contributed by atoms with E-state index >= 15 is 0 Å². The molecule has 2 aliphatic heterocycles. The number of carbonyl (C=O) groups excluding carboxylic acids is 2. The molecule has 2 aliphatic rings. The number of rotatable bonds is 8. The Morgan fingerprint density at radius 1 is 1.11 bits per heavy atom. The molecule has 2 atom stereocenters. The number of halogens is 3. The fourth-order valence-corrected chi connectivity index (χ4v) is 5.70. The summed E-state index contributed by atoms with van der Waals surface area (Å²) in [4.78, 5) is 53.8. The summed E-state index contributed by atoms with van der Waals surface area (Å²) in [5, 5.41) is 10.9. The van der Waals surface area contributed by atoms with Gasteiger partial charge in [0.25, 0.3) is 11.8 Å². The molecule has 14 heteroatoms. The lowest BCUT2D eigenvalue weighted by atomic mass is 9.83. The summed E-state index contributed by atoms with van der Waals surface area (Å²) in [6.07, 6.45) is -3.85. The predicted molar refractivity (Wildman–Crippen MR) is 158 cm³/mol. The van der Waals surface area contributed by atoms with Crippen LogP contribution in [0.1, 0.15) is 78.0 Å². The fourth-order valence-electron chi connectivity index (χ4n) is 5.70. The highest BCUT2D eigenvalue weighted by atomic mass is 19.4. The van der Waals surface area contributed by atoms with Crippen molar-refractivity contribution in [3.8, 4) is 0 Å². The summed E-state index contributed by atoms with van der Waals surface area (Å²) in [6.45, 7) is 5.46. The molecule has 0 fully saturated rings. The van der Waals surface area contributed by atoms with Gasteiger partial charge in [0, 0.05) is 18.3 Å². The summed E-state index contributed by atoms with van der Waals surface area (Å²) in [5.41, 5.74) is 5.04. The second-order valence-electron chi connectivity index (χ2n) is 11.5. The molecule has 45 heavy (non-hydrogen) atoms. The van der Waals surface area contributed by atoms with Crippen LogP contribution in [0.3, 0.4) is 0 Å². The molecular formula is C31H32F3N7O4. The first-order chi connectivity index (χ1) is 21.2. The topological polar surface area (TPSA) is 154 Å². The lowest BCUT2D eigenvalue weighted by molar-refractivity contribution is -0.138. The van der Waals surface area contributed by atoms with E-state index in [0.717, 1.165) is 12.1 Å². The number of nitrogens with one attached hydrogen (secondary N) is 1. The minimum absolute atomic E-state index is 0.0628. The van der Waals surface area contributed by atoms with Gasteiger partial charge in [-0.3, -0.25) is 19.8 Å². The summed E-state index contributed by atoms with van der Waals surface area (Å²) in [6, 6.07) is 11.4. The molecular weight excluding hydrogens is 591 g/mol. The zero-order valence-electron chi connectivity index (χ0n) is 24.8. The van der Waals surface area contributed by atoms with Crippen molar-refractivity contribution in [2.45, 2.75) is 64.5 Å². The Morgan fingerprint density at radius 2 is 1.82 bits per heavy atom. The van der Waals surface area contributed by atoms with Crippen molar-refractivity contribution >= 4 is 29.8 Å². The van der Waals surface area contributed by atoms with Crippen molar-refractivity contribution in [3.63, 3.8) is 0 Å². The van der Waals surface area contributed by atoms with E-state index in [1.807, 2.05) is 25.2 Å². The van der Waals surface area contributed by atoms with Gasteiger partial charge in [0.2, 0.25) is 5.95 Å². The van der Waals surface area contributed by atoms with Crippen molar-refractivity contribution in [2.24, 2.45) is 16.6 Å². The third-order valence-corrected chi connectivity index (χ3v) is 8.07. The second-order valence-corrected chi connectivity index (χ2v) is 11.5. The van der Waals surface area contributed by atoms with Gasteiger partial charge in [-0.25, -0.2) is 19.8 Å². The maximum Gasteiger partial charge on any atom is 0.417 e. The normalized spacial score (nSPS) is 18.6. The molecule has 3 amide bonds. The van der Waals surface area contributed by atoms with Crippen molar-refractivity contribution < 1.29 is 32.7 Å². The minimum atomic E-state index is -4.85. The first-order valence-electron chi connectivity index (χ1n) is 14.3. The van der Waals surface area contributed by atoms with Crippen molar-refractivity contribution in [1.82, 2.24) is 19.8 Å². The largest absolute Gasteiger partial charge is 0.465 e. The SMILES string of the molecule is CC(C)CC[C@]1(c2ccccc2)N=C(N)N([C@H](C)c2ccc(C(F)(F)F)c(C(=O)N3Cc4cnc(NC(=O)O)nc4C3)c2)C1=O. The first-order valence-corrected chi connectivity index (χ1v) is 14.3. The Hall–Kier alpha value is -5.01. The van der Waals surface area contributed by atoms with Gasteiger partial charge in [0.05, 0.1) is 29.4 Å². The van der Waals surface area contributed by atoms with Crippen LogP contribution in [-0.4, -0.2) is 48.7 Å². The molecule has 2 aromatic carbocycles. The summed E-state index contributed by atoms with van der Waals surface area (Å²) < 4.78 is 42.5. The number of hydrogen-bond acceptors (Lipinski definition) is 7. The van der Waals surface area contributed by atoms with Crippen LogP contribution in [0.2, 0.25) is 0 Å². The van der Waals surface area contributed by atoms with E-state index in [1.54, 1.807) is 31.2 Å². The van der Waals surface area contributed by atoms with Crippen LogP contribution in [0, 0.1) is 5.92 Å². The molecule has 4 N–H and O–H groups in total. The van der Waals surface area contributed by atoms with Gasteiger partial charge >= 0.3 is 12.3 Å². The Morgan fingerprint density at radius 3 is 2.47 bits per heavy atom. The Balaban J connectivity index is 1.47. The first kappa shape index (κ1) is 31.4. The van der Waals surface area contributed by atoms with Crippen LogP contribution in [0.25, 0.3) is 0 Å². The molecule has 236 valence electrons. The molecule has 0 unspecified atom stereocenters. The predicted octanol–water partition coefficient (Wildman–Crippen LogP) is 5.29. The minimum Gasteiger partial charge on any atom is -0.465 e. The van der Waals surface area contributed by atoms with E-state index in [9.17, 15) is 27.6 Å². The highest BCUT2D eigenvalue weighted by Gasteiger charge is 2.50. The Kier molecular flexibility index (Phi) is 8.25. The highest BCUT2D eigenvalue weighted by molar-refractivity contribution is 6.07. The number of anilines is 1. The Labute approximate surface area is 257 Å². The van der Waals surface area contributed by atoms with Crippen molar-refractivity contribution in [2.75, 3.05) is 5.32 Å². The quantitative estimate of drug-likeness (QED) is 0.308. The fraction of sp³-hybridized carbons (Fsp3) is 0.355. The summed E-state index contributed by atoms with van der Waals surface area (Å²) in [5.74, 6) is -1.31. The molecule has 0 bridgehead atoms. The van der Waals surface area contributed by atoms with Gasteiger partial charge in [-0.05, 0) is 48.9 Å². The molecule has 5 rings (SSSR count). The number of carboxylic acid groups (broad SMARTS) is 1.